The number of hydrogen-bond acceptors (Lipinski definition) is 2. The summed E-state index contributed by atoms with van der Waals surface area (Å²) >= 11 is 0. The van der Waals surface area contributed by atoms with Crippen molar-refractivity contribution in [2.24, 2.45) is 5.92 Å². The summed E-state index contributed by atoms with van der Waals surface area (Å²) in [7, 11) is 0. The Hall–Kier alpha value is -0.730. The molecule has 0 aliphatic carbocycles. The third-order valence-electron chi connectivity index (χ3n) is 3.00. The quantitative estimate of drug-likeness (QED) is 0.735. The molecule has 0 saturated carbocycles. The maximum Gasteiger partial charge on any atom is 0.410 e. The molecule has 1 amide bonds. The minimum atomic E-state index is -0.392. The largest absolute Gasteiger partial charge is 0.444 e. The van der Waals surface area contributed by atoms with Crippen molar-refractivity contribution < 1.29 is 9.53 Å². The third-order valence-corrected chi connectivity index (χ3v) is 3.00. The van der Waals surface area contributed by atoms with E-state index >= 15 is 0 Å². The van der Waals surface area contributed by atoms with E-state index in [1.54, 1.807) is 0 Å². The lowest BCUT2D eigenvalue weighted by molar-refractivity contribution is 0.00747. The van der Waals surface area contributed by atoms with Crippen LogP contribution >= 0.6 is 0 Å². The van der Waals surface area contributed by atoms with Crippen molar-refractivity contribution in [1.82, 2.24) is 4.90 Å². The van der Waals surface area contributed by atoms with E-state index in [1.165, 1.54) is 6.42 Å². The Bertz CT molecular complexity index is 255. The Morgan fingerprint density at radius 3 is 2.53 bits per heavy atom. The Morgan fingerprint density at radius 1 is 1.35 bits per heavy atom. The molecule has 1 aliphatic rings. The Kier molecular flexibility index (Phi) is 4.84. The van der Waals surface area contributed by atoms with Gasteiger partial charge in [0.1, 0.15) is 5.60 Å². The third kappa shape index (κ3) is 4.97. The lowest BCUT2D eigenvalue weighted by atomic mass is 9.94. The lowest BCUT2D eigenvalue weighted by Gasteiger charge is -2.37. The van der Waals surface area contributed by atoms with Crippen molar-refractivity contribution in [2.45, 2.75) is 71.9 Å². The summed E-state index contributed by atoms with van der Waals surface area (Å²) in [4.78, 5) is 14.0. The summed E-state index contributed by atoms with van der Waals surface area (Å²) in [6.45, 7) is 11.0. The van der Waals surface area contributed by atoms with Crippen LogP contribution in [0.2, 0.25) is 0 Å². The first kappa shape index (κ1) is 14.3. The number of rotatable bonds is 2. The summed E-state index contributed by atoms with van der Waals surface area (Å²) in [5.41, 5.74) is -0.392. The van der Waals surface area contributed by atoms with Gasteiger partial charge >= 0.3 is 6.09 Å². The molecule has 0 aromatic heterocycles. The van der Waals surface area contributed by atoms with Gasteiger partial charge in [-0.2, -0.15) is 0 Å². The van der Waals surface area contributed by atoms with E-state index in [9.17, 15) is 4.79 Å². The van der Waals surface area contributed by atoms with Crippen molar-refractivity contribution in [3.05, 3.63) is 0 Å². The molecule has 0 spiro atoms. The maximum absolute atomic E-state index is 12.1. The summed E-state index contributed by atoms with van der Waals surface area (Å²) in [5, 5.41) is 0. The molecule has 0 N–H and O–H groups in total. The van der Waals surface area contributed by atoms with Crippen molar-refractivity contribution in [3.8, 4) is 0 Å². The van der Waals surface area contributed by atoms with E-state index in [2.05, 4.69) is 13.8 Å². The monoisotopic (exact) mass is 241 g/mol. The zero-order chi connectivity index (χ0) is 13.1. The highest BCUT2D eigenvalue weighted by Crippen LogP contribution is 2.24. The SMILES string of the molecule is CC(C)C[C@H]1CCCCN1C(=O)OC(C)(C)C. The fourth-order valence-electron chi connectivity index (χ4n) is 2.35. The van der Waals surface area contributed by atoms with Crippen LogP contribution in [0.25, 0.3) is 0 Å². The Labute approximate surface area is 106 Å². The van der Waals surface area contributed by atoms with Gasteiger partial charge in [-0.15, -0.1) is 0 Å². The molecule has 1 atom stereocenters. The van der Waals surface area contributed by atoms with Gasteiger partial charge < -0.3 is 9.64 Å². The van der Waals surface area contributed by atoms with Crippen LogP contribution in [0.1, 0.15) is 60.3 Å². The molecule has 0 unspecified atom stereocenters. The van der Waals surface area contributed by atoms with Crippen LogP contribution in [0.3, 0.4) is 0 Å². The van der Waals surface area contributed by atoms with Crippen LogP contribution in [-0.2, 0) is 4.74 Å². The standard InChI is InChI=1S/C14H27NO2/c1-11(2)10-12-8-6-7-9-15(12)13(16)17-14(3,4)5/h11-12H,6-10H2,1-5H3/t12-/m1/s1. The summed E-state index contributed by atoms with van der Waals surface area (Å²) < 4.78 is 5.48. The average molecular weight is 241 g/mol. The second-order valence-electron chi connectivity index (χ2n) is 6.45. The summed E-state index contributed by atoms with van der Waals surface area (Å²) in [5.74, 6) is 0.628. The van der Waals surface area contributed by atoms with Crippen LogP contribution in [-0.4, -0.2) is 29.2 Å². The predicted octanol–water partition coefficient (Wildman–Crippen LogP) is 3.82. The number of piperidine rings is 1. The summed E-state index contributed by atoms with van der Waals surface area (Å²) in [6, 6.07) is 0.374. The van der Waals surface area contributed by atoms with E-state index < -0.39 is 5.60 Å². The second-order valence-corrected chi connectivity index (χ2v) is 6.45. The van der Waals surface area contributed by atoms with Gasteiger partial charge in [0, 0.05) is 12.6 Å². The zero-order valence-corrected chi connectivity index (χ0v) is 12.0. The van der Waals surface area contributed by atoms with Gasteiger partial charge in [-0.25, -0.2) is 4.79 Å². The van der Waals surface area contributed by atoms with Gasteiger partial charge in [-0.1, -0.05) is 13.8 Å². The van der Waals surface area contributed by atoms with Gasteiger partial charge in [0.05, 0.1) is 0 Å². The number of hydrogen-bond donors (Lipinski definition) is 0. The van der Waals surface area contributed by atoms with Gasteiger partial charge in [0.15, 0.2) is 0 Å². The number of amides is 1. The van der Waals surface area contributed by atoms with E-state index in [0.717, 1.165) is 25.8 Å². The molecule has 1 heterocycles. The van der Waals surface area contributed by atoms with E-state index in [1.807, 2.05) is 25.7 Å². The topological polar surface area (TPSA) is 29.5 Å². The van der Waals surface area contributed by atoms with Gasteiger partial charge in [0.25, 0.3) is 0 Å². The number of nitrogens with zero attached hydrogens (tertiary/aromatic N) is 1. The molecule has 0 aromatic rings. The van der Waals surface area contributed by atoms with E-state index in [4.69, 9.17) is 4.74 Å². The molecule has 0 aromatic carbocycles. The first-order chi connectivity index (χ1) is 7.79. The first-order valence-electron chi connectivity index (χ1n) is 6.79. The van der Waals surface area contributed by atoms with Crippen molar-refractivity contribution in [2.75, 3.05) is 6.54 Å². The van der Waals surface area contributed by atoms with Crippen molar-refractivity contribution >= 4 is 6.09 Å². The minimum Gasteiger partial charge on any atom is -0.444 e. The van der Waals surface area contributed by atoms with Crippen LogP contribution in [0.15, 0.2) is 0 Å². The van der Waals surface area contributed by atoms with Crippen LogP contribution in [0.5, 0.6) is 0 Å². The van der Waals surface area contributed by atoms with Crippen molar-refractivity contribution in [1.29, 1.82) is 0 Å². The number of carbonyl (C=O) groups is 1. The van der Waals surface area contributed by atoms with E-state index in [-0.39, 0.29) is 6.09 Å². The summed E-state index contributed by atoms with van der Waals surface area (Å²) in [6.07, 6.45) is 4.41. The molecule has 1 fully saturated rings. The maximum atomic E-state index is 12.1. The highest BCUT2D eigenvalue weighted by atomic mass is 16.6. The predicted molar refractivity (Wildman–Crippen MR) is 70.0 cm³/mol. The molecule has 17 heavy (non-hydrogen) atoms. The van der Waals surface area contributed by atoms with E-state index in [0.29, 0.717) is 12.0 Å². The molecule has 0 bridgehead atoms. The fourth-order valence-corrected chi connectivity index (χ4v) is 2.35. The highest BCUT2D eigenvalue weighted by molar-refractivity contribution is 5.68. The zero-order valence-electron chi connectivity index (χ0n) is 12.0. The minimum absolute atomic E-state index is 0.136. The number of likely N-dealkylation sites (tertiary alicyclic amines) is 1. The van der Waals surface area contributed by atoms with Crippen LogP contribution in [0.4, 0.5) is 4.79 Å². The van der Waals surface area contributed by atoms with Crippen LogP contribution < -0.4 is 0 Å². The molecular weight excluding hydrogens is 214 g/mol. The second kappa shape index (κ2) is 5.74. The molecular formula is C14H27NO2. The Morgan fingerprint density at radius 2 is 2.00 bits per heavy atom. The molecule has 0 radical (unpaired) electrons. The Balaban J connectivity index is 2.61. The molecule has 100 valence electrons. The normalized spacial score (nSPS) is 21.8. The number of carbonyl (C=O) groups excluding carboxylic acids is 1. The van der Waals surface area contributed by atoms with Gasteiger partial charge in [-0.3, -0.25) is 0 Å². The lowest BCUT2D eigenvalue weighted by Crippen LogP contribution is -2.46. The first-order valence-corrected chi connectivity index (χ1v) is 6.79. The smallest absolute Gasteiger partial charge is 0.410 e. The number of ether oxygens (including phenoxy) is 1. The van der Waals surface area contributed by atoms with Gasteiger partial charge in [-0.05, 0) is 52.4 Å². The van der Waals surface area contributed by atoms with Crippen LogP contribution in [0, 0.1) is 5.92 Å². The fraction of sp³-hybridized carbons (Fsp3) is 0.929. The average Bonchev–Trinajstić information content (AvgIpc) is 2.14. The van der Waals surface area contributed by atoms with Gasteiger partial charge in [0.2, 0.25) is 0 Å². The molecule has 3 nitrogen and oxygen atoms in total. The molecule has 1 aliphatic heterocycles. The van der Waals surface area contributed by atoms with Crippen molar-refractivity contribution in [3.63, 3.8) is 0 Å². The molecule has 3 heteroatoms. The molecule has 1 rings (SSSR count). The molecule has 1 saturated heterocycles. The highest BCUT2D eigenvalue weighted by Gasteiger charge is 2.30.